The summed E-state index contributed by atoms with van der Waals surface area (Å²) in [5.41, 5.74) is 0. The molecule has 1 aliphatic heterocycles. The molecule has 0 saturated carbocycles. The molecule has 1 rings (SSSR count). The van der Waals surface area contributed by atoms with Gasteiger partial charge in [0.25, 0.3) is 10.1 Å². The smallest absolute Gasteiger partial charge is 0.264 e. The molecular weight excluding hydrogens is 264 g/mol. The molecule has 0 aromatic carbocycles. The van der Waals surface area contributed by atoms with E-state index in [-0.39, 0.29) is 19.1 Å². The molecule has 0 aromatic heterocycles. The molecule has 0 spiro atoms. The van der Waals surface area contributed by atoms with E-state index in [0.717, 1.165) is 6.26 Å². The second-order valence-electron chi connectivity index (χ2n) is 4.29. The fraction of sp³-hybridized carbons (Fsp3) is 0.889. The Labute approximate surface area is 105 Å². The van der Waals surface area contributed by atoms with E-state index in [2.05, 4.69) is 14.8 Å². The van der Waals surface area contributed by atoms with Crippen molar-refractivity contribution < 1.29 is 27.6 Å². The highest BCUT2D eigenvalue weighted by molar-refractivity contribution is 7.85. The average molecular weight is 282 g/mol. The van der Waals surface area contributed by atoms with Crippen molar-refractivity contribution in [3.05, 3.63) is 0 Å². The molecule has 1 aliphatic rings. The highest BCUT2D eigenvalue weighted by Crippen LogP contribution is 2.11. The Balaban J connectivity index is 2.55. The van der Waals surface area contributed by atoms with Crippen molar-refractivity contribution in [3.63, 3.8) is 0 Å². The number of piperidine rings is 1. The van der Waals surface area contributed by atoms with E-state index in [1.807, 2.05) is 0 Å². The molecule has 1 fully saturated rings. The van der Waals surface area contributed by atoms with Gasteiger partial charge >= 0.3 is 0 Å². The first kappa shape index (κ1) is 15.3. The Bertz CT molecular complexity index is 398. The first-order valence-electron chi connectivity index (χ1n) is 5.41. The van der Waals surface area contributed by atoms with Gasteiger partial charge in [0.05, 0.1) is 31.1 Å². The first-order valence-corrected chi connectivity index (χ1v) is 7.23. The summed E-state index contributed by atoms with van der Waals surface area (Å²) in [5, 5.41) is 24.9. The van der Waals surface area contributed by atoms with Gasteiger partial charge in [-0.1, -0.05) is 0 Å². The number of rotatable bonds is 4. The Kier molecular flexibility index (Phi) is 5.05. The van der Waals surface area contributed by atoms with Crippen molar-refractivity contribution in [1.29, 1.82) is 0 Å². The summed E-state index contributed by atoms with van der Waals surface area (Å²) in [7, 11) is -3.60. The SMILES string of the molecule is CC(=O)N[C@H]1CN[C@H](COS(C)(=O)=O)[C@@H](O)[C@@H]1O. The molecular formula is C9H18N2O6S. The average Bonchev–Trinajstić information content (AvgIpc) is 2.22. The van der Waals surface area contributed by atoms with Crippen LogP contribution in [0, 0.1) is 0 Å². The van der Waals surface area contributed by atoms with Gasteiger partial charge in [0.1, 0.15) is 6.10 Å². The van der Waals surface area contributed by atoms with Crippen molar-refractivity contribution in [2.24, 2.45) is 0 Å². The van der Waals surface area contributed by atoms with Crippen LogP contribution in [0.5, 0.6) is 0 Å². The molecule has 4 N–H and O–H groups in total. The molecule has 1 saturated heterocycles. The van der Waals surface area contributed by atoms with Crippen LogP contribution in [0.3, 0.4) is 0 Å². The van der Waals surface area contributed by atoms with E-state index in [9.17, 15) is 23.4 Å². The maximum Gasteiger partial charge on any atom is 0.264 e. The second-order valence-corrected chi connectivity index (χ2v) is 5.94. The quantitative estimate of drug-likeness (QED) is 0.409. The third-order valence-corrected chi connectivity index (χ3v) is 3.19. The number of hydrogen-bond donors (Lipinski definition) is 4. The minimum atomic E-state index is -3.60. The summed E-state index contributed by atoms with van der Waals surface area (Å²) >= 11 is 0. The molecule has 0 bridgehead atoms. The maximum atomic E-state index is 10.9. The molecule has 18 heavy (non-hydrogen) atoms. The zero-order valence-electron chi connectivity index (χ0n) is 10.2. The van der Waals surface area contributed by atoms with Crippen molar-refractivity contribution >= 4 is 16.0 Å². The molecule has 0 aromatic rings. The number of nitrogens with one attached hydrogen (secondary N) is 2. The Hall–Kier alpha value is -0.740. The molecule has 1 heterocycles. The van der Waals surface area contributed by atoms with Crippen LogP contribution in [0.4, 0.5) is 0 Å². The van der Waals surface area contributed by atoms with E-state index in [1.165, 1.54) is 6.92 Å². The van der Waals surface area contributed by atoms with Crippen molar-refractivity contribution in [1.82, 2.24) is 10.6 Å². The lowest BCUT2D eigenvalue weighted by atomic mass is 9.94. The van der Waals surface area contributed by atoms with Crippen molar-refractivity contribution in [2.45, 2.75) is 31.2 Å². The Morgan fingerprint density at radius 1 is 1.44 bits per heavy atom. The normalized spacial score (nSPS) is 33.1. The summed E-state index contributed by atoms with van der Waals surface area (Å²) in [4.78, 5) is 10.9. The van der Waals surface area contributed by atoms with Gasteiger partial charge in [0, 0.05) is 13.5 Å². The zero-order chi connectivity index (χ0) is 13.9. The standard InChI is InChI=1S/C9H18N2O6S/c1-5(12)11-6-3-10-7(9(14)8(6)13)4-17-18(2,15)16/h6-10,13-14H,3-4H2,1-2H3,(H,11,12)/t6-,7+,8+,9+/m0/s1. The number of aliphatic hydroxyl groups excluding tert-OH is 2. The van der Waals surface area contributed by atoms with Gasteiger partial charge in [-0.25, -0.2) is 0 Å². The molecule has 9 heteroatoms. The lowest BCUT2D eigenvalue weighted by Crippen LogP contribution is -2.65. The van der Waals surface area contributed by atoms with Crippen LogP contribution in [0.15, 0.2) is 0 Å². The van der Waals surface area contributed by atoms with E-state index >= 15 is 0 Å². The highest BCUT2D eigenvalue weighted by Gasteiger charge is 2.38. The molecule has 0 aliphatic carbocycles. The van der Waals surface area contributed by atoms with Crippen LogP contribution in [0.25, 0.3) is 0 Å². The Morgan fingerprint density at radius 2 is 2.06 bits per heavy atom. The van der Waals surface area contributed by atoms with Gasteiger partial charge in [0.2, 0.25) is 5.91 Å². The van der Waals surface area contributed by atoms with Crippen LogP contribution < -0.4 is 10.6 Å². The van der Waals surface area contributed by atoms with E-state index in [4.69, 9.17) is 0 Å². The number of aliphatic hydroxyl groups is 2. The zero-order valence-corrected chi connectivity index (χ0v) is 11.0. The molecule has 4 atom stereocenters. The minimum Gasteiger partial charge on any atom is -0.389 e. The van der Waals surface area contributed by atoms with Crippen LogP contribution in [-0.4, -0.2) is 68.2 Å². The van der Waals surface area contributed by atoms with Gasteiger partial charge in [-0.2, -0.15) is 8.42 Å². The van der Waals surface area contributed by atoms with Gasteiger partial charge < -0.3 is 20.8 Å². The predicted octanol–water partition coefficient (Wildman–Crippen LogP) is -2.84. The molecule has 1 amide bonds. The van der Waals surface area contributed by atoms with Crippen LogP contribution in [-0.2, 0) is 19.1 Å². The topological polar surface area (TPSA) is 125 Å². The van der Waals surface area contributed by atoms with Gasteiger partial charge in [-0.15, -0.1) is 0 Å². The molecule has 8 nitrogen and oxygen atoms in total. The third-order valence-electron chi connectivity index (χ3n) is 2.62. The molecule has 106 valence electrons. The van der Waals surface area contributed by atoms with Crippen LogP contribution in [0.1, 0.15) is 6.92 Å². The van der Waals surface area contributed by atoms with Gasteiger partial charge in [-0.05, 0) is 0 Å². The number of carbonyl (C=O) groups excluding carboxylic acids is 1. The number of amides is 1. The van der Waals surface area contributed by atoms with Gasteiger partial charge in [-0.3, -0.25) is 8.98 Å². The third kappa shape index (κ3) is 4.50. The van der Waals surface area contributed by atoms with E-state index in [1.54, 1.807) is 0 Å². The van der Waals surface area contributed by atoms with Gasteiger partial charge in [0.15, 0.2) is 0 Å². The fourth-order valence-electron chi connectivity index (χ4n) is 1.75. The molecule has 0 radical (unpaired) electrons. The van der Waals surface area contributed by atoms with Crippen molar-refractivity contribution in [3.8, 4) is 0 Å². The Morgan fingerprint density at radius 3 is 2.56 bits per heavy atom. The molecule has 0 unspecified atom stereocenters. The predicted molar refractivity (Wildman–Crippen MR) is 62.2 cm³/mol. The monoisotopic (exact) mass is 282 g/mol. The summed E-state index contributed by atoms with van der Waals surface area (Å²) in [6, 6.07) is -1.33. The lowest BCUT2D eigenvalue weighted by molar-refractivity contribution is -0.122. The van der Waals surface area contributed by atoms with Crippen molar-refractivity contribution in [2.75, 3.05) is 19.4 Å². The summed E-state index contributed by atoms with van der Waals surface area (Å²) < 4.78 is 26.2. The number of carbonyl (C=O) groups is 1. The van der Waals surface area contributed by atoms with Crippen LogP contribution in [0.2, 0.25) is 0 Å². The largest absolute Gasteiger partial charge is 0.389 e. The highest BCUT2D eigenvalue weighted by atomic mass is 32.2. The second kappa shape index (κ2) is 5.93. The summed E-state index contributed by atoms with van der Waals surface area (Å²) in [6.45, 7) is 1.25. The van der Waals surface area contributed by atoms with E-state index < -0.39 is 34.4 Å². The maximum absolute atomic E-state index is 10.9. The number of hydrogen-bond acceptors (Lipinski definition) is 7. The minimum absolute atomic E-state index is 0.218. The summed E-state index contributed by atoms with van der Waals surface area (Å²) in [6.07, 6.45) is -1.50. The van der Waals surface area contributed by atoms with Crippen LogP contribution >= 0.6 is 0 Å². The summed E-state index contributed by atoms with van der Waals surface area (Å²) in [5.74, 6) is -0.320. The lowest BCUT2D eigenvalue weighted by Gasteiger charge is -2.38. The fourth-order valence-corrected chi connectivity index (χ4v) is 2.14. The van der Waals surface area contributed by atoms with E-state index in [0.29, 0.717) is 0 Å². The first-order chi connectivity index (χ1) is 8.20.